The molecule has 0 aliphatic carbocycles. The number of rotatable bonds is 3. The number of nitrogens with two attached hydrogens (primary N) is 1. The highest BCUT2D eigenvalue weighted by molar-refractivity contribution is 5.69. The average molecular weight is 200 g/mol. The van der Waals surface area contributed by atoms with Gasteiger partial charge >= 0.3 is 5.97 Å². The summed E-state index contributed by atoms with van der Waals surface area (Å²) < 4.78 is 4.61. The van der Waals surface area contributed by atoms with Gasteiger partial charge in [0.25, 0.3) is 0 Å². The van der Waals surface area contributed by atoms with Gasteiger partial charge in [-0.2, -0.15) is 0 Å². The fourth-order valence-electron chi connectivity index (χ4n) is 1.94. The minimum absolute atomic E-state index is 0.134. The number of likely N-dealkylation sites (tertiary alicyclic amines) is 1. The molecule has 4 nitrogen and oxygen atoms in total. The predicted octanol–water partition coefficient (Wildman–Crippen LogP) is 0.219. The maximum atomic E-state index is 11.0. The summed E-state index contributed by atoms with van der Waals surface area (Å²) in [5.41, 5.74) is 5.99. The second kappa shape index (κ2) is 5.32. The highest BCUT2D eigenvalue weighted by Crippen LogP contribution is 2.19. The average Bonchev–Trinajstić information content (AvgIpc) is 2.19. The summed E-state index contributed by atoms with van der Waals surface area (Å²) in [6.45, 7) is 2.06. The fraction of sp³-hybridized carbons (Fsp3) is 0.900. The lowest BCUT2D eigenvalue weighted by molar-refractivity contribution is -0.141. The van der Waals surface area contributed by atoms with E-state index in [1.807, 2.05) is 0 Å². The Balaban J connectivity index is 2.30. The number of esters is 1. The Kier molecular flexibility index (Phi) is 4.35. The van der Waals surface area contributed by atoms with Gasteiger partial charge in [-0.25, -0.2) is 0 Å². The molecule has 0 spiro atoms. The van der Waals surface area contributed by atoms with Gasteiger partial charge in [0.15, 0.2) is 0 Å². The Bertz CT molecular complexity index is 197. The molecule has 1 aliphatic rings. The zero-order chi connectivity index (χ0) is 10.6. The highest BCUT2D eigenvalue weighted by atomic mass is 16.5. The number of nitrogens with zero attached hydrogens (tertiary/aromatic N) is 1. The molecule has 1 rings (SSSR count). The molecule has 0 bridgehead atoms. The summed E-state index contributed by atoms with van der Waals surface area (Å²) in [5.74, 6) is 0.304. The summed E-state index contributed by atoms with van der Waals surface area (Å²) in [4.78, 5) is 13.2. The SMILES string of the molecule is COC(=O)CCC1CN(C)CCC1N. The first-order chi connectivity index (χ1) is 6.63. The van der Waals surface area contributed by atoms with Crippen LogP contribution in [0.3, 0.4) is 0 Å². The van der Waals surface area contributed by atoms with Gasteiger partial charge in [0.1, 0.15) is 0 Å². The van der Waals surface area contributed by atoms with Crippen molar-refractivity contribution < 1.29 is 9.53 Å². The van der Waals surface area contributed by atoms with E-state index in [0.717, 1.165) is 25.9 Å². The van der Waals surface area contributed by atoms with E-state index in [4.69, 9.17) is 5.73 Å². The first-order valence-electron chi connectivity index (χ1n) is 5.14. The van der Waals surface area contributed by atoms with Gasteiger partial charge in [-0.3, -0.25) is 4.79 Å². The van der Waals surface area contributed by atoms with Crippen LogP contribution in [0.2, 0.25) is 0 Å². The third kappa shape index (κ3) is 3.27. The number of ether oxygens (including phenoxy) is 1. The smallest absolute Gasteiger partial charge is 0.305 e. The summed E-state index contributed by atoms with van der Waals surface area (Å²) in [5, 5.41) is 0. The molecule has 1 fully saturated rings. The standard InChI is InChI=1S/C10H20N2O2/c1-12-6-5-9(11)8(7-12)3-4-10(13)14-2/h8-9H,3-7,11H2,1-2H3. The Morgan fingerprint density at radius 1 is 1.64 bits per heavy atom. The van der Waals surface area contributed by atoms with Crippen molar-refractivity contribution in [3.63, 3.8) is 0 Å². The molecule has 0 radical (unpaired) electrons. The van der Waals surface area contributed by atoms with Crippen LogP contribution < -0.4 is 5.73 Å². The second-order valence-corrected chi connectivity index (χ2v) is 4.09. The summed E-state index contributed by atoms with van der Waals surface area (Å²) in [7, 11) is 3.52. The van der Waals surface area contributed by atoms with Crippen LogP contribution in [0.1, 0.15) is 19.3 Å². The topological polar surface area (TPSA) is 55.6 Å². The lowest BCUT2D eigenvalue weighted by Crippen LogP contribution is -2.45. The van der Waals surface area contributed by atoms with Crippen LogP contribution in [-0.4, -0.2) is 44.2 Å². The molecule has 2 unspecified atom stereocenters. The van der Waals surface area contributed by atoms with Gasteiger partial charge < -0.3 is 15.4 Å². The van der Waals surface area contributed by atoms with E-state index in [0.29, 0.717) is 12.3 Å². The third-order valence-electron chi connectivity index (χ3n) is 2.94. The maximum Gasteiger partial charge on any atom is 0.305 e. The van der Waals surface area contributed by atoms with Crippen LogP contribution in [0.5, 0.6) is 0 Å². The number of methoxy groups -OCH3 is 1. The van der Waals surface area contributed by atoms with Gasteiger partial charge in [-0.1, -0.05) is 0 Å². The van der Waals surface area contributed by atoms with Crippen LogP contribution in [0, 0.1) is 5.92 Å². The molecular weight excluding hydrogens is 180 g/mol. The van der Waals surface area contributed by atoms with Gasteiger partial charge in [0.2, 0.25) is 0 Å². The van der Waals surface area contributed by atoms with Crippen LogP contribution >= 0.6 is 0 Å². The second-order valence-electron chi connectivity index (χ2n) is 4.09. The summed E-state index contributed by atoms with van der Waals surface area (Å²) >= 11 is 0. The molecule has 2 atom stereocenters. The number of hydrogen-bond donors (Lipinski definition) is 1. The van der Waals surface area contributed by atoms with Crippen LogP contribution in [0.15, 0.2) is 0 Å². The van der Waals surface area contributed by atoms with Crippen molar-refractivity contribution in [2.45, 2.75) is 25.3 Å². The van der Waals surface area contributed by atoms with E-state index in [1.54, 1.807) is 0 Å². The van der Waals surface area contributed by atoms with Crippen molar-refractivity contribution in [3.05, 3.63) is 0 Å². The third-order valence-corrected chi connectivity index (χ3v) is 2.94. The molecule has 1 heterocycles. The molecule has 0 saturated carbocycles. The molecule has 0 aromatic heterocycles. The number of carbonyl (C=O) groups excluding carboxylic acids is 1. The molecule has 2 N–H and O–H groups in total. The van der Waals surface area contributed by atoms with E-state index in [1.165, 1.54) is 7.11 Å². The van der Waals surface area contributed by atoms with Gasteiger partial charge in [0, 0.05) is 19.0 Å². The monoisotopic (exact) mass is 200 g/mol. The van der Waals surface area contributed by atoms with Crippen molar-refractivity contribution in [3.8, 4) is 0 Å². The van der Waals surface area contributed by atoms with Crippen molar-refractivity contribution >= 4 is 5.97 Å². The van der Waals surface area contributed by atoms with E-state index < -0.39 is 0 Å². The number of hydrogen-bond acceptors (Lipinski definition) is 4. The number of piperidine rings is 1. The molecule has 4 heteroatoms. The van der Waals surface area contributed by atoms with Crippen molar-refractivity contribution in [1.29, 1.82) is 0 Å². The van der Waals surface area contributed by atoms with Crippen molar-refractivity contribution in [1.82, 2.24) is 4.90 Å². The number of carbonyl (C=O) groups is 1. The Hall–Kier alpha value is -0.610. The molecule has 0 amide bonds. The minimum atomic E-state index is -0.134. The predicted molar refractivity (Wildman–Crippen MR) is 54.8 cm³/mol. The van der Waals surface area contributed by atoms with E-state index >= 15 is 0 Å². The molecule has 1 aliphatic heterocycles. The molecule has 0 aromatic carbocycles. The van der Waals surface area contributed by atoms with E-state index in [2.05, 4.69) is 16.7 Å². The quantitative estimate of drug-likeness (QED) is 0.662. The van der Waals surface area contributed by atoms with Gasteiger partial charge in [-0.15, -0.1) is 0 Å². The zero-order valence-corrected chi connectivity index (χ0v) is 9.03. The molecule has 0 aromatic rings. The first-order valence-corrected chi connectivity index (χ1v) is 5.14. The zero-order valence-electron chi connectivity index (χ0n) is 9.03. The normalized spacial score (nSPS) is 28.8. The Morgan fingerprint density at radius 2 is 2.36 bits per heavy atom. The lowest BCUT2D eigenvalue weighted by atomic mass is 9.89. The van der Waals surface area contributed by atoms with Crippen molar-refractivity contribution in [2.24, 2.45) is 11.7 Å². The summed E-state index contributed by atoms with van der Waals surface area (Å²) in [6, 6.07) is 0.246. The largest absolute Gasteiger partial charge is 0.469 e. The minimum Gasteiger partial charge on any atom is -0.469 e. The van der Waals surface area contributed by atoms with E-state index in [9.17, 15) is 4.79 Å². The molecule has 14 heavy (non-hydrogen) atoms. The van der Waals surface area contributed by atoms with Gasteiger partial charge in [-0.05, 0) is 32.4 Å². The molecule has 1 saturated heterocycles. The Labute approximate surface area is 85.4 Å². The van der Waals surface area contributed by atoms with Crippen molar-refractivity contribution in [2.75, 3.05) is 27.2 Å². The fourth-order valence-corrected chi connectivity index (χ4v) is 1.94. The first kappa shape index (κ1) is 11.5. The Morgan fingerprint density at radius 3 is 3.00 bits per heavy atom. The van der Waals surface area contributed by atoms with Crippen LogP contribution in [0.25, 0.3) is 0 Å². The van der Waals surface area contributed by atoms with Crippen LogP contribution in [0.4, 0.5) is 0 Å². The van der Waals surface area contributed by atoms with Gasteiger partial charge in [0.05, 0.1) is 7.11 Å². The lowest BCUT2D eigenvalue weighted by Gasteiger charge is -2.34. The molecule has 82 valence electrons. The highest BCUT2D eigenvalue weighted by Gasteiger charge is 2.24. The van der Waals surface area contributed by atoms with E-state index in [-0.39, 0.29) is 12.0 Å². The summed E-state index contributed by atoms with van der Waals surface area (Å²) in [6.07, 6.45) is 2.36. The molecular formula is C10H20N2O2. The maximum absolute atomic E-state index is 11.0. The van der Waals surface area contributed by atoms with Crippen LogP contribution in [-0.2, 0) is 9.53 Å².